The van der Waals surface area contributed by atoms with Crippen LogP contribution in [0.3, 0.4) is 0 Å². The Bertz CT molecular complexity index is 538. The molecule has 0 spiro atoms. The van der Waals surface area contributed by atoms with E-state index in [1.807, 2.05) is 0 Å². The van der Waals surface area contributed by atoms with Gasteiger partial charge in [-0.25, -0.2) is 4.98 Å². The highest BCUT2D eigenvalue weighted by molar-refractivity contribution is 9.09. The fourth-order valence-corrected chi connectivity index (χ4v) is 1.96. The molecule has 0 fully saturated rings. The third kappa shape index (κ3) is 3.92. The first-order valence-electron chi connectivity index (χ1n) is 4.76. The molecule has 1 aromatic heterocycles. The zero-order chi connectivity index (χ0) is 14.8. The van der Waals surface area contributed by atoms with Crippen LogP contribution < -0.4 is 0 Å². The van der Waals surface area contributed by atoms with Gasteiger partial charge in [0.25, 0.3) is 9.58 Å². The monoisotopic (exact) mass is 390 g/mol. The molecule has 0 saturated heterocycles. The summed E-state index contributed by atoms with van der Waals surface area (Å²) in [4.78, 5) is 35.6. The van der Waals surface area contributed by atoms with E-state index in [0.29, 0.717) is 5.33 Å². The van der Waals surface area contributed by atoms with Crippen molar-refractivity contribution in [2.45, 2.75) is 10.2 Å². The first-order chi connectivity index (χ1) is 8.68. The molecule has 0 unspecified atom stereocenters. The minimum absolute atomic E-state index is 0.0418. The van der Waals surface area contributed by atoms with Crippen LogP contribution in [0.25, 0.3) is 0 Å². The number of Topliss-reactive ketones (excluding diaryl/α,β-unsaturated/α-hetero) is 2. The van der Waals surface area contributed by atoms with Crippen molar-refractivity contribution in [1.29, 1.82) is 0 Å². The topological polar surface area (TPSA) is 93.1 Å². The highest BCUT2D eigenvalue weighted by Crippen LogP contribution is 2.32. The Morgan fingerprint density at radius 1 is 1.42 bits per heavy atom. The molecule has 6 nitrogen and oxygen atoms in total. The van der Waals surface area contributed by atoms with E-state index in [4.69, 9.17) is 34.8 Å². The lowest BCUT2D eigenvalue weighted by Crippen LogP contribution is -2.19. The Hall–Kier alpha value is -0.630. The van der Waals surface area contributed by atoms with E-state index in [0.717, 1.165) is 6.07 Å². The molecule has 104 valence electrons. The molecular formula is C9H6BrCl3N2O4. The summed E-state index contributed by atoms with van der Waals surface area (Å²) in [5.74, 6) is -2.06. The van der Waals surface area contributed by atoms with Crippen LogP contribution in [0.2, 0.25) is 0 Å². The van der Waals surface area contributed by atoms with Gasteiger partial charge in [0.1, 0.15) is 5.56 Å². The van der Waals surface area contributed by atoms with Gasteiger partial charge in [-0.3, -0.25) is 9.59 Å². The summed E-state index contributed by atoms with van der Waals surface area (Å²) in [6, 6.07) is 1.02. The van der Waals surface area contributed by atoms with Crippen LogP contribution in [0, 0.1) is 10.1 Å². The third-order valence-electron chi connectivity index (χ3n) is 2.10. The lowest BCUT2D eigenvalue weighted by molar-refractivity contribution is -0.389. The van der Waals surface area contributed by atoms with Crippen LogP contribution >= 0.6 is 50.7 Å². The number of ketones is 2. The van der Waals surface area contributed by atoms with Gasteiger partial charge < -0.3 is 10.1 Å². The molecule has 19 heavy (non-hydrogen) atoms. The number of aromatic nitrogens is 1. The van der Waals surface area contributed by atoms with Crippen LogP contribution in [0.4, 0.5) is 5.82 Å². The highest BCUT2D eigenvalue weighted by Gasteiger charge is 2.37. The normalized spacial score (nSPS) is 11.4. The summed E-state index contributed by atoms with van der Waals surface area (Å²) in [6.07, 6.45) is 0.0418. The van der Waals surface area contributed by atoms with Crippen molar-refractivity contribution in [2.75, 3.05) is 5.33 Å². The Labute approximate surface area is 130 Å². The predicted octanol–water partition coefficient (Wildman–Crippen LogP) is 3.44. The van der Waals surface area contributed by atoms with E-state index < -0.39 is 26.1 Å². The average molecular weight is 392 g/mol. The number of carbonyl (C=O) groups excluding carboxylic acids is 2. The molecule has 0 saturated carbocycles. The summed E-state index contributed by atoms with van der Waals surface area (Å²) in [5.41, 5.74) is -0.522. The lowest BCUT2D eigenvalue weighted by Gasteiger charge is -2.04. The number of halogens is 4. The van der Waals surface area contributed by atoms with Crippen molar-refractivity contribution >= 4 is 68.1 Å². The minimum atomic E-state index is -2.26. The van der Waals surface area contributed by atoms with Crippen molar-refractivity contribution in [2.24, 2.45) is 0 Å². The SMILES string of the molecule is O=C(CCBr)c1cc(C(=O)C(Cl)(Cl)Cl)[nH]c1[N+](=O)[O-]. The van der Waals surface area contributed by atoms with E-state index in [1.54, 1.807) is 0 Å². The van der Waals surface area contributed by atoms with Gasteiger partial charge in [0.15, 0.2) is 11.5 Å². The minimum Gasteiger partial charge on any atom is -0.358 e. The van der Waals surface area contributed by atoms with Gasteiger partial charge >= 0.3 is 5.82 Å². The second-order valence-corrected chi connectivity index (χ2v) is 6.47. The molecule has 0 amide bonds. The zero-order valence-corrected chi connectivity index (χ0v) is 12.9. The number of carbonyl (C=O) groups is 2. The number of H-pyrrole nitrogens is 1. The Morgan fingerprint density at radius 3 is 2.42 bits per heavy atom. The Kier molecular flexibility index (Phi) is 5.37. The molecule has 0 radical (unpaired) electrons. The molecule has 1 N–H and O–H groups in total. The second-order valence-electron chi connectivity index (χ2n) is 3.39. The largest absolute Gasteiger partial charge is 0.358 e. The van der Waals surface area contributed by atoms with Crippen molar-refractivity contribution in [3.8, 4) is 0 Å². The van der Waals surface area contributed by atoms with Crippen molar-refractivity contribution in [3.05, 3.63) is 27.4 Å². The zero-order valence-electron chi connectivity index (χ0n) is 9.08. The molecule has 1 rings (SSSR count). The van der Waals surface area contributed by atoms with Gasteiger partial charge in [-0.15, -0.1) is 0 Å². The summed E-state index contributed by atoms with van der Waals surface area (Å²) < 4.78 is -2.26. The molecule has 1 aromatic rings. The molecule has 0 aromatic carbocycles. The van der Waals surface area contributed by atoms with Gasteiger partial charge in [-0.1, -0.05) is 50.7 Å². The number of nitrogens with zero attached hydrogens (tertiary/aromatic N) is 1. The smallest absolute Gasteiger partial charge is 0.332 e. The Balaban J connectivity index is 3.26. The van der Waals surface area contributed by atoms with Gasteiger partial charge in [0, 0.05) is 17.8 Å². The van der Waals surface area contributed by atoms with Gasteiger partial charge in [0.2, 0.25) is 0 Å². The maximum absolute atomic E-state index is 11.7. The molecule has 10 heteroatoms. The van der Waals surface area contributed by atoms with Crippen LogP contribution in [-0.4, -0.2) is 30.6 Å². The number of alkyl halides is 4. The van der Waals surface area contributed by atoms with Crippen molar-refractivity contribution in [3.63, 3.8) is 0 Å². The van der Waals surface area contributed by atoms with E-state index in [1.165, 1.54) is 0 Å². The van der Waals surface area contributed by atoms with Crippen LogP contribution in [0.1, 0.15) is 27.3 Å². The second kappa shape index (κ2) is 6.21. The first kappa shape index (κ1) is 16.4. The van der Waals surface area contributed by atoms with E-state index in [-0.39, 0.29) is 17.7 Å². The van der Waals surface area contributed by atoms with Crippen molar-refractivity contribution in [1.82, 2.24) is 4.98 Å². The van der Waals surface area contributed by atoms with E-state index in [9.17, 15) is 19.7 Å². The predicted molar refractivity (Wildman–Crippen MR) is 74.8 cm³/mol. The number of nitrogens with one attached hydrogen (secondary N) is 1. The van der Waals surface area contributed by atoms with Gasteiger partial charge in [-0.2, -0.15) is 0 Å². The van der Waals surface area contributed by atoms with Crippen molar-refractivity contribution < 1.29 is 14.5 Å². The fourth-order valence-electron chi connectivity index (χ4n) is 1.30. The lowest BCUT2D eigenvalue weighted by atomic mass is 10.1. The molecule has 0 atom stereocenters. The Morgan fingerprint density at radius 2 is 2.00 bits per heavy atom. The number of hydrogen-bond donors (Lipinski definition) is 1. The van der Waals surface area contributed by atoms with Gasteiger partial charge in [-0.05, 0) is 4.92 Å². The van der Waals surface area contributed by atoms with Crippen LogP contribution in [0.5, 0.6) is 0 Å². The van der Waals surface area contributed by atoms with Crippen LogP contribution in [0.15, 0.2) is 6.07 Å². The fraction of sp³-hybridized carbons (Fsp3) is 0.333. The summed E-state index contributed by atoms with van der Waals surface area (Å²) >= 11 is 19.2. The maximum Gasteiger partial charge on any atom is 0.332 e. The molecule has 1 heterocycles. The van der Waals surface area contributed by atoms with E-state index >= 15 is 0 Å². The van der Waals surface area contributed by atoms with Gasteiger partial charge in [0.05, 0.1) is 0 Å². The quantitative estimate of drug-likeness (QED) is 0.359. The average Bonchev–Trinajstić information content (AvgIpc) is 2.71. The highest BCUT2D eigenvalue weighted by atomic mass is 79.9. The maximum atomic E-state index is 11.7. The number of nitro groups is 1. The molecular weight excluding hydrogens is 386 g/mol. The summed E-state index contributed by atoms with van der Waals surface area (Å²) in [6.45, 7) is 0. The first-order valence-corrected chi connectivity index (χ1v) is 7.02. The third-order valence-corrected chi connectivity index (χ3v) is 3.01. The molecule has 0 aliphatic carbocycles. The number of aromatic amines is 1. The summed E-state index contributed by atoms with van der Waals surface area (Å²) in [5, 5.41) is 11.2. The van der Waals surface area contributed by atoms with E-state index in [2.05, 4.69) is 20.9 Å². The summed E-state index contributed by atoms with van der Waals surface area (Å²) in [7, 11) is 0. The molecule has 0 bridgehead atoms. The standard InChI is InChI=1S/C9H6BrCl3N2O4/c10-2-1-6(16)4-3-5(7(17)9(11,12)13)14-8(4)15(18)19/h3,14H,1-2H2. The molecule has 0 aliphatic rings. The number of hydrogen-bond acceptors (Lipinski definition) is 4. The molecule has 0 aliphatic heterocycles. The number of rotatable bonds is 5. The van der Waals surface area contributed by atoms with Crippen LogP contribution in [-0.2, 0) is 0 Å².